The smallest absolute Gasteiger partial charge is 0.259 e. The van der Waals surface area contributed by atoms with Crippen LogP contribution >= 0.6 is 27.5 Å². The highest BCUT2D eigenvalue weighted by Gasteiger charge is 2.35. The minimum atomic E-state index is -0.483. The number of amides is 2. The third-order valence-electron chi connectivity index (χ3n) is 4.93. The van der Waals surface area contributed by atoms with Gasteiger partial charge >= 0.3 is 0 Å². The number of nitrogens with zero attached hydrogens (tertiary/aromatic N) is 1. The molecule has 6 nitrogen and oxygen atoms in total. The predicted molar refractivity (Wildman–Crippen MR) is 110 cm³/mol. The number of hydrogen-bond donors (Lipinski definition) is 3. The van der Waals surface area contributed by atoms with Crippen molar-refractivity contribution in [1.29, 1.82) is 0 Å². The van der Waals surface area contributed by atoms with Crippen LogP contribution in [0.2, 0.25) is 5.02 Å². The second kappa shape index (κ2) is 7.33. The van der Waals surface area contributed by atoms with Crippen molar-refractivity contribution in [2.75, 3.05) is 6.61 Å². The lowest BCUT2D eigenvalue weighted by atomic mass is 9.94. The second-order valence-electron chi connectivity index (χ2n) is 6.48. The van der Waals surface area contributed by atoms with Crippen molar-refractivity contribution in [3.8, 4) is 11.1 Å². The summed E-state index contributed by atoms with van der Waals surface area (Å²) in [6.07, 6.45) is 0.479. The lowest BCUT2D eigenvalue weighted by Crippen LogP contribution is -2.20. The average molecular weight is 464 g/mol. The van der Waals surface area contributed by atoms with Crippen molar-refractivity contribution in [1.82, 2.24) is 9.88 Å². The van der Waals surface area contributed by atoms with Crippen LogP contribution < -0.4 is 5.32 Å². The fourth-order valence-electron chi connectivity index (χ4n) is 3.73. The van der Waals surface area contributed by atoms with Gasteiger partial charge in [0.25, 0.3) is 11.8 Å². The van der Waals surface area contributed by atoms with Crippen molar-refractivity contribution in [3.63, 3.8) is 0 Å². The minimum absolute atomic E-state index is 0.0105. The minimum Gasteiger partial charge on any atom is -0.396 e. The van der Waals surface area contributed by atoms with E-state index in [1.807, 2.05) is 16.7 Å². The Hall–Kier alpha value is -2.19. The fourth-order valence-corrected chi connectivity index (χ4v) is 4.71. The zero-order valence-corrected chi connectivity index (χ0v) is 17.0. The molecule has 8 heteroatoms. The first-order valence-corrected chi connectivity index (χ1v) is 9.86. The highest BCUT2D eigenvalue weighted by molar-refractivity contribution is 9.10. The van der Waals surface area contributed by atoms with Crippen LogP contribution in [0.25, 0.3) is 22.0 Å². The molecule has 3 aromatic rings. The van der Waals surface area contributed by atoms with Gasteiger partial charge in [0.2, 0.25) is 0 Å². The Balaban J connectivity index is 2.15. The van der Waals surface area contributed by atoms with Crippen molar-refractivity contribution < 1.29 is 19.8 Å². The molecule has 0 atom stereocenters. The van der Waals surface area contributed by atoms with Crippen molar-refractivity contribution in [2.24, 2.45) is 0 Å². The molecule has 3 N–H and O–H groups in total. The first kappa shape index (κ1) is 19.1. The van der Waals surface area contributed by atoms with E-state index in [0.29, 0.717) is 50.2 Å². The average Bonchev–Trinajstić information content (AvgIpc) is 3.13. The standard InChI is InChI=1S/C20H16BrClN2O4/c21-18-14(9-26)24(6-3-7-25)13-8-11(10-4-1-2-5-12(10)22)15-17(16(13)18)20(28)23-19(15)27/h1-2,4-5,8,25-26H,3,6-7,9H2,(H,23,27,28). The Bertz CT molecular complexity index is 1140. The summed E-state index contributed by atoms with van der Waals surface area (Å²) in [6.45, 7) is 0.181. The molecule has 0 unspecified atom stereocenters. The summed E-state index contributed by atoms with van der Waals surface area (Å²) in [6, 6.07) is 8.94. The summed E-state index contributed by atoms with van der Waals surface area (Å²) in [4.78, 5) is 25.2. The summed E-state index contributed by atoms with van der Waals surface area (Å²) in [5.41, 5.74) is 2.99. The van der Waals surface area contributed by atoms with E-state index in [9.17, 15) is 19.8 Å². The van der Waals surface area contributed by atoms with Gasteiger partial charge in [0, 0.05) is 33.6 Å². The maximum absolute atomic E-state index is 12.6. The summed E-state index contributed by atoms with van der Waals surface area (Å²) in [5.74, 6) is -0.958. The molecule has 28 heavy (non-hydrogen) atoms. The van der Waals surface area contributed by atoms with E-state index < -0.39 is 11.8 Å². The molecule has 1 aromatic heterocycles. The summed E-state index contributed by atoms with van der Waals surface area (Å²) in [5, 5.41) is 22.5. The number of carbonyl (C=O) groups excluding carboxylic acids is 2. The largest absolute Gasteiger partial charge is 0.396 e. The first-order valence-electron chi connectivity index (χ1n) is 8.69. The third-order valence-corrected chi connectivity index (χ3v) is 6.11. The number of aliphatic hydroxyl groups excluding tert-OH is 2. The Morgan fingerprint density at radius 2 is 1.79 bits per heavy atom. The quantitative estimate of drug-likeness (QED) is 0.505. The Kier molecular flexibility index (Phi) is 5.01. The molecule has 0 bridgehead atoms. The van der Waals surface area contributed by atoms with Gasteiger partial charge < -0.3 is 14.8 Å². The number of halogens is 2. The molecule has 2 heterocycles. The van der Waals surface area contributed by atoms with Gasteiger partial charge in [-0.05, 0) is 40.0 Å². The molecule has 0 radical (unpaired) electrons. The van der Waals surface area contributed by atoms with E-state index in [-0.39, 0.29) is 24.3 Å². The van der Waals surface area contributed by atoms with Crippen molar-refractivity contribution >= 4 is 50.2 Å². The topological polar surface area (TPSA) is 91.6 Å². The van der Waals surface area contributed by atoms with Crippen LogP contribution in [0.4, 0.5) is 0 Å². The number of imide groups is 1. The number of fused-ring (bicyclic) bond motifs is 3. The van der Waals surface area contributed by atoms with E-state index in [2.05, 4.69) is 21.2 Å². The zero-order chi connectivity index (χ0) is 20.0. The van der Waals surface area contributed by atoms with Gasteiger partial charge in [-0.25, -0.2) is 0 Å². The maximum atomic E-state index is 12.6. The fraction of sp³-hybridized carbons (Fsp3) is 0.200. The number of rotatable bonds is 5. The van der Waals surface area contributed by atoms with Gasteiger partial charge in [-0.2, -0.15) is 0 Å². The Morgan fingerprint density at radius 3 is 2.46 bits per heavy atom. The number of aryl methyl sites for hydroxylation is 1. The van der Waals surface area contributed by atoms with E-state index >= 15 is 0 Å². The van der Waals surface area contributed by atoms with E-state index in [0.717, 1.165) is 0 Å². The lowest BCUT2D eigenvalue weighted by Gasteiger charge is -2.12. The molecule has 1 aliphatic rings. The predicted octanol–water partition coefficient (Wildman–Crippen LogP) is 3.48. The molecule has 2 amide bonds. The van der Waals surface area contributed by atoms with Gasteiger partial charge in [0.1, 0.15) is 0 Å². The molecule has 0 fully saturated rings. The zero-order valence-electron chi connectivity index (χ0n) is 14.6. The Labute approximate surface area is 173 Å². The summed E-state index contributed by atoms with van der Waals surface area (Å²) in [7, 11) is 0. The maximum Gasteiger partial charge on any atom is 0.259 e. The summed E-state index contributed by atoms with van der Waals surface area (Å²) < 4.78 is 2.42. The molecule has 0 spiro atoms. The molecule has 0 saturated carbocycles. The van der Waals surface area contributed by atoms with Gasteiger partial charge in [0.15, 0.2) is 0 Å². The highest BCUT2D eigenvalue weighted by atomic mass is 79.9. The van der Waals surface area contributed by atoms with Crippen LogP contribution in [0.1, 0.15) is 32.8 Å². The molecule has 1 aliphatic heterocycles. The first-order chi connectivity index (χ1) is 13.5. The van der Waals surface area contributed by atoms with E-state index in [4.69, 9.17) is 11.6 Å². The van der Waals surface area contributed by atoms with Crippen LogP contribution in [0.5, 0.6) is 0 Å². The normalized spacial score (nSPS) is 13.3. The van der Waals surface area contributed by atoms with Gasteiger partial charge in [-0.15, -0.1) is 0 Å². The SMILES string of the molecule is O=C1NC(=O)c2c1c(-c1ccccc1Cl)cc1c2c(Br)c(CO)n1CCCO. The van der Waals surface area contributed by atoms with Crippen LogP contribution in [0, 0.1) is 0 Å². The number of nitrogens with one attached hydrogen (secondary N) is 1. The third kappa shape index (κ3) is 2.78. The lowest BCUT2D eigenvalue weighted by molar-refractivity contribution is 0.0880. The van der Waals surface area contributed by atoms with E-state index in [1.165, 1.54) is 0 Å². The van der Waals surface area contributed by atoms with Crippen LogP contribution in [-0.2, 0) is 13.2 Å². The molecular weight excluding hydrogens is 448 g/mol. The van der Waals surface area contributed by atoms with Crippen molar-refractivity contribution in [2.45, 2.75) is 19.6 Å². The molecule has 2 aromatic carbocycles. The van der Waals surface area contributed by atoms with Crippen molar-refractivity contribution in [3.05, 3.63) is 56.6 Å². The van der Waals surface area contributed by atoms with Gasteiger partial charge in [-0.3, -0.25) is 14.9 Å². The molecule has 0 aliphatic carbocycles. The summed E-state index contributed by atoms with van der Waals surface area (Å²) >= 11 is 9.87. The van der Waals surface area contributed by atoms with Crippen LogP contribution in [0.15, 0.2) is 34.8 Å². The number of benzene rings is 2. The number of hydrogen-bond acceptors (Lipinski definition) is 4. The number of aliphatic hydroxyl groups is 2. The number of aromatic nitrogens is 1. The molecule has 4 rings (SSSR count). The highest BCUT2D eigenvalue weighted by Crippen LogP contribution is 2.42. The Morgan fingerprint density at radius 1 is 1.07 bits per heavy atom. The van der Waals surface area contributed by atoms with E-state index in [1.54, 1.807) is 18.2 Å². The van der Waals surface area contributed by atoms with Crippen LogP contribution in [0.3, 0.4) is 0 Å². The van der Waals surface area contributed by atoms with Crippen LogP contribution in [-0.4, -0.2) is 33.2 Å². The molecular formula is C20H16BrClN2O4. The van der Waals surface area contributed by atoms with Gasteiger partial charge in [-0.1, -0.05) is 29.8 Å². The monoisotopic (exact) mass is 462 g/mol. The molecule has 144 valence electrons. The second-order valence-corrected chi connectivity index (χ2v) is 7.68. The molecule has 0 saturated heterocycles. The van der Waals surface area contributed by atoms with Gasteiger partial charge in [0.05, 0.1) is 28.9 Å². The number of carbonyl (C=O) groups is 2.